The summed E-state index contributed by atoms with van der Waals surface area (Å²) in [4.78, 5) is 24.7. The molecule has 1 aromatic carbocycles. The molecular formula is C19H18F6N4O2. The first-order valence-electron chi connectivity index (χ1n) is 9.22. The summed E-state index contributed by atoms with van der Waals surface area (Å²) < 4.78 is 77.8. The highest BCUT2D eigenvalue weighted by molar-refractivity contribution is 5.96. The molecular weight excluding hydrogens is 430 g/mol. The Bertz CT molecular complexity index is 983. The molecule has 31 heavy (non-hydrogen) atoms. The monoisotopic (exact) mass is 448 g/mol. The quantitative estimate of drug-likeness (QED) is 0.593. The van der Waals surface area contributed by atoms with E-state index in [2.05, 4.69) is 10.4 Å². The number of hydrogen-bond acceptors (Lipinski definition) is 3. The minimum Gasteiger partial charge on any atom is -0.351 e. The number of amides is 2. The van der Waals surface area contributed by atoms with Gasteiger partial charge in [0, 0.05) is 12.2 Å². The number of benzene rings is 1. The maximum absolute atomic E-state index is 13.0. The number of rotatable bonds is 6. The van der Waals surface area contributed by atoms with Crippen LogP contribution >= 0.6 is 0 Å². The van der Waals surface area contributed by atoms with Gasteiger partial charge in [0.05, 0.1) is 23.9 Å². The smallest absolute Gasteiger partial charge is 0.351 e. The molecule has 0 spiro atoms. The average Bonchev–Trinajstić information content (AvgIpc) is 3.01. The number of halogens is 6. The van der Waals surface area contributed by atoms with Crippen LogP contribution in [0.3, 0.4) is 0 Å². The topological polar surface area (TPSA) is 86.9 Å². The fourth-order valence-corrected chi connectivity index (χ4v) is 3.46. The molecule has 1 aromatic heterocycles. The highest BCUT2D eigenvalue weighted by Gasteiger charge is 2.40. The van der Waals surface area contributed by atoms with E-state index in [0.29, 0.717) is 12.0 Å². The Balaban J connectivity index is 1.69. The first-order chi connectivity index (χ1) is 14.4. The number of nitrogens with one attached hydrogen (secondary N) is 3. The van der Waals surface area contributed by atoms with Gasteiger partial charge in [-0.25, -0.2) is 0 Å². The molecule has 1 heterocycles. The maximum Gasteiger partial charge on any atom is 0.435 e. The van der Waals surface area contributed by atoms with Crippen molar-refractivity contribution in [2.75, 3.05) is 6.54 Å². The second-order valence-corrected chi connectivity index (χ2v) is 7.26. The third-order valence-electron chi connectivity index (χ3n) is 4.95. The third-order valence-corrected chi connectivity index (χ3v) is 4.95. The van der Waals surface area contributed by atoms with Gasteiger partial charge in [-0.05, 0) is 24.5 Å². The van der Waals surface area contributed by atoms with Gasteiger partial charge in [-0.15, -0.1) is 0 Å². The number of aryl methyl sites for hydroxylation is 1. The Morgan fingerprint density at radius 2 is 1.87 bits per heavy atom. The van der Waals surface area contributed by atoms with Gasteiger partial charge < -0.3 is 10.6 Å². The van der Waals surface area contributed by atoms with Crippen molar-refractivity contribution in [1.29, 1.82) is 0 Å². The van der Waals surface area contributed by atoms with Crippen molar-refractivity contribution in [1.82, 2.24) is 20.8 Å². The van der Waals surface area contributed by atoms with E-state index in [-0.39, 0.29) is 5.69 Å². The number of carbonyl (C=O) groups is 2. The summed E-state index contributed by atoms with van der Waals surface area (Å²) in [5.74, 6) is -2.50. The first-order valence-corrected chi connectivity index (χ1v) is 9.22. The van der Waals surface area contributed by atoms with Gasteiger partial charge in [0.2, 0.25) is 5.91 Å². The average molecular weight is 448 g/mol. The molecule has 2 unspecified atom stereocenters. The van der Waals surface area contributed by atoms with Crippen LogP contribution in [0.4, 0.5) is 26.3 Å². The van der Waals surface area contributed by atoms with Crippen LogP contribution < -0.4 is 10.6 Å². The zero-order chi connectivity index (χ0) is 23.0. The first kappa shape index (κ1) is 22.6. The molecule has 0 aliphatic heterocycles. The van der Waals surface area contributed by atoms with Crippen molar-refractivity contribution in [2.24, 2.45) is 0 Å². The number of fused-ring (bicyclic) bond motifs is 1. The van der Waals surface area contributed by atoms with Gasteiger partial charge >= 0.3 is 12.4 Å². The predicted molar refractivity (Wildman–Crippen MR) is 96.1 cm³/mol. The molecule has 1 aliphatic rings. The van der Waals surface area contributed by atoms with Crippen LogP contribution in [0.1, 0.15) is 45.2 Å². The third kappa shape index (κ3) is 5.17. The van der Waals surface area contributed by atoms with Crippen LogP contribution in [-0.2, 0) is 17.4 Å². The molecule has 2 atom stereocenters. The van der Waals surface area contributed by atoms with E-state index in [4.69, 9.17) is 0 Å². The van der Waals surface area contributed by atoms with E-state index in [1.807, 2.05) is 10.4 Å². The zero-order valence-electron chi connectivity index (χ0n) is 16.1. The van der Waals surface area contributed by atoms with E-state index < -0.39 is 60.3 Å². The molecule has 6 nitrogen and oxygen atoms in total. The van der Waals surface area contributed by atoms with Crippen LogP contribution in [0.15, 0.2) is 24.3 Å². The second-order valence-electron chi connectivity index (χ2n) is 7.26. The van der Waals surface area contributed by atoms with Crippen molar-refractivity contribution in [3.05, 3.63) is 52.3 Å². The highest BCUT2D eigenvalue weighted by Crippen LogP contribution is 2.35. The molecule has 2 amide bonds. The van der Waals surface area contributed by atoms with E-state index >= 15 is 0 Å². The molecule has 12 heteroatoms. The van der Waals surface area contributed by atoms with Crippen molar-refractivity contribution >= 4 is 11.8 Å². The molecule has 1 aliphatic carbocycles. The summed E-state index contributed by atoms with van der Waals surface area (Å²) >= 11 is 0. The molecule has 168 valence electrons. The van der Waals surface area contributed by atoms with Crippen molar-refractivity contribution in [2.45, 2.75) is 44.1 Å². The molecule has 0 saturated carbocycles. The maximum atomic E-state index is 13.0. The van der Waals surface area contributed by atoms with Gasteiger partial charge in [-0.1, -0.05) is 24.3 Å². The number of H-pyrrole nitrogens is 1. The fourth-order valence-electron chi connectivity index (χ4n) is 3.46. The Morgan fingerprint density at radius 1 is 1.19 bits per heavy atom. The Labute approximate surface area is 172 Å². The Hall–Kier alpha value is -3.05. The zero-order valence-corrected chi connectivity index (χ0v) is 16.1. The summed E-state index contributed by atoms with van der Waals surface area (Å²) in [5, 5.41) is 9.39. The van der Waals surface area contributed by atoms with E-state index in [0.717, 1.165) is 5.56 Å². The number of nitrogens with zero attached hydrogens (tertiary/aromatic N) is 1. The molecule has 0 saturated heterocycles. The minimum absolute atomic E-state index is 0.188. The van der Waals surface area contributed by atoms with E-state index in [9.17, 15) is 35.9 Å². The molecule has 3 rings (SSSR count). The number of hydrogen-bond donors (Lipinski definition) is 3. The van der Waals surface area contributed by atoms with Crippen molar-refractivity contribution < 1.29 is 35.9 Å². The van der Waals surface area contributed by atoms with Gasteiger partial charge in [0.25, 0.3) is 5.91 Å². The predicted octanol–water partition coefficient (Wildman–Crippen LogP) is 3.24. The molecule has 0 bridgehead atoms. The summed E-state index contributed by atoms with van der Waals surface area (Å²) in [6, 6.07) is 5.44. The van der Waals surface area contributed by atoms with Crippen LogP contribution in [-0.4, -0.2) is 40.8 Å². The molecule has 2 aromatic rings. The van der Waals surface area contributed by atoms with Crippen molar-refractivity contribution in [3.8, 4) is 0 Å². The Morgan fingerprint density at radius 3 is 2.48 bits per heavy atom. The van der Waals surface area contributed by atoms with Gasteiger partial charge in [0.1, 0.15) is 0 Å². The summed E-state index contributed by atoms with van der Waals surface area (Å²) in [6.45, 7) is 0.473. The molecule has 0 radical (unpaired) electrons. The van der Waals surface area contributed by atoms with Gasteiger partial charge in [-0.3, -0.25) is 14.7 Å². The SMILES string of the molecule is Cc1[nH]nc(C(F)(F)F)c1C(=O)NCC(CC(F)(F)F)NC(=O)C1Cc2ccccc21. The number of aromatic amines is 1. The van der Waals surface area contributed by atoms with Gasteiger partial charge in [-0.2, -0.15) is 31.4 Å². The fraction of sp³-hybridized carbons (Fsp3) is 0.421. The summed E-state index contributed by atoms with van der Waals surface area (Å²) in [5.41, 5.74) is -0.841. The summed E-state index contributed by atoms with van der Waals surface area (Å²) in [7, 11) is 0. The normalized spacial score (nSPS) is 16.8. The lowest BCUT2D eigenvalue weighted by molar-refractivity contribution is -0.143. The van der Waals surface area contributed by atoms with E-state index in [1.165, 1.54) is 6.92 Å². The summed E-state index contributed by atoms with van der Waals surface area (Å²) in [6.07, 6.45) is -10.7. The van der Waals surface area contributed by atoms with Crippen molar-refractivity contribution in [3.63, 3.8) is 0 Å². The number of alkyl halides is 6. The lowest BCUT2D eigenvalue weighted by Gasteiger charge is -2.31. The molecule has 3 N–H and O–H groups in total. The standard InChI is InChI=1S/C19H18F6N4O2/c1-9-14(15(29-28-9)19(23,24)25)17(31)26-8-11(7-18(20,21)22)27-16(30)13-6-10-4-2-3-5-12(10)13/h2-5,11,13H,6-8H2,1H3,(H,26,31)(H,27,30)(H,28,29). The van der Waals surface area contributed by atoms with Crippen LogP contribution in [0.5, 0.6) is 0 Å². The highest BCUT2D eigenvalue weighted by atomic mass is 19.4. The lowest BCUT2D eigenvalue weighted by Crippen LogP contribution is -2.48. The van der Waals surface area contributed by atoms with Crippen LogP contribution in [0.2, 0.25) is 0 Å². The second kappa shape index (κ2) is 8.23. The van der Waals surface area contributed by atoms with Crippen LogP contribution in [0, 0.1) is 6.92 Å². The Kier molecular flexibility index (Phi) is 6.01. The molecule has 0 fully saturated rings. The number of aromatic nitrogens is 2. The van der Waals surface area contributed by atoms with Crippen LogP contribution in [0.25, 0.3) is 0 Å². The van der Waals surface area contributed by atoms with Gasteiger partial charge in [0.15, 0.2) is 5.69 Å². The largest absolute Gasteiger partial charge is 0.435 e. The minimum atomic E-state index is -4.92. The number of carbonyl (C=O) groups excluding carboxylic acids is 2. The van der Waals surface area contributed by atoms with E-state index in [1.54, 1.807) is 24.3 Å². The lowest BCUT2D eigenvalue weighted by atomic mass is 9.77.